The van der Waals surface area contributed by atoms with Crippen LogP contribution < -0.4 is 10.1 Å². The summed E-state index contributed by atoms with van der Waals surface area (Å²) in [5, 5.41) is 3.41. The summed E-state index contributed by atoms with van der Waals surface area (Å²) in [5.74, 6) is 2.38. The minimum atomic E-state index is 0.239. The van der Waals surface area contributed by atoms with Gasteiger partial charge in [-0.1, -0.05) is 19.1 Å². The number of amides is 1. The van der Waals surface area contributed by atoms with Crippen molar-refractivity contribution in [2.45, 2.75) is 45.1 Å². The highest BCUT2D eigenvalue weighted by Gasteiger charge is 2.32. The SMILES string of the molecule is COc1ccc(C2CCCN2C(=O)CC(C)C2CCNCC2)cc1. The van der Waals surface area contributed by atoms with E-state index >= 15 is 0 Å². The van der Waals surface area contributed by atoms with Crippen molar-refractivity contribution in [1.82, 2.24) is 10.2 Å². The van der Waals surface area contributed by atoms with Crippen LogP contribution in [0.2, 0.25) is 0 Å². The largest absolute Gasteiger partial charge is 0.497 e. The third-order valence-corrected chi connectivity index (χ3v) is 5.76. The lowest BCUT2D eigenvalue weighted by Gasteiger charge is -2.31. The Morgan fingerprint density at radius 1 is 1.25 bits per heavy atom. The highest BCUT2D eigenvalue weighted by Crippen LogP contribution is 2.34. The van der Waals surface area contributed by atoms with Gasteiger partial charge in [-0.25, -0.2) is 0 Å². The molecule has 0 aromatic heterocycles. The van der Waals surface area contributed by atoms with Crippen molar-refractivity contribution in [3.05, 3.63) is 29.8 Å². The molecule has 24 heavy (non-hydrogen) atoms. The van der Waals surface area contributed by atoms with Gasteiger partial charge >= 0.3 is 0 Å². The first-order chi connectivity index (χ1) is 11.7. The molecular formula is C20H30N2O2. The number of benzene rings is 1. The fraction of sp³-hybridized carbons (Fsp3) is 0.650. The Kier molecular flexibility index (Phi) is 5.77. The molecule has 3 rings (SSSR count). The molecule has 0 spiro atoms. The van der Waals surface area contributed by atoms with Crippen molar-refractivity contribution in [2.24, 2.45) is 11.8 Å². The topological polar surface area (TPSA) is 41.6 Å². The van der Waals surface area contributed by atoms with Crippen LogP contribution in [0.4, 0.5) is 0 Å². The highest BCUT2D eigenvalue weighted by atomic mass is 16.5. The molecule has 0 aliphatic carbocycles. The molecule has 2 aliphatic heterocycles. The van der Waals surface area contributed by atoms with Crippen LogP contribution >= 0.6 is 0 Å². The van der Waals surface area contributed by atoms with E-state index in [0.29, 0.717) is 24.2 Å². The first kappa shape index (κ1) is 17.3. The van der Waals surface area contributed by atoms with E-state index in [0.717, 1.165) is 38.2 Å². The Morgan fingerprint density at radius 3 is 2.62 bits per heavy atom. The van der Waals surface area contributed by atoms with Crippen LogP contribution in [0.25, 0.3) is 0 Å². The molecule has 4 heteroatoms. The van der Waals surface area contributed by atoms with E-state index in [1.165, 1.54) is 18.4 Å². The molecule has 2 atom stereocenters. The summed E-state index contributed by atoms with van der Waals surface area (Å²) >= 11 is 0. The summed E-state index contributed by atoms with van der Waals surface area (Å²) in [6.45, 7) is 5.35. The fourth-order valence-electron chi connectivity index (χ4n) is 4.21. The van der Waals surface area contributed by atoms with Gasteiger partial charge in [0.15, 0.2) is 0 Å². The first-order valence-corrected chi connectivity index (χ1v) is 9.33. The smallest absolute Gasteiger partial charge is 0.223 e. The number of carbonyl (C=O) groups is 1. The molecular weight excluding hydrogens is 300 g/mol. The van der Waals surface area contributed by atoms with Gasteiger partial charge in [0.25, 0.3) is 0 Å². The average molecular weight is 330 g/mol. The summed E-state index contributed by atoms with van der Waals surface area (Å²) in [6.07, 6.45) is 5.27. The lowest BCUT2D eigenvalue weighted by Crippen LogP contribution is -2.35. The standard InChI is InChI=1S/C20H30N2O2/c1-15(16-9-11-21-12-10-16)14-20(23)22-13-3-4-19(22)17-5-7-18(24-2)8-6-17/h5-8,15-16,19,21H,3-4,9-14H2,1-2H3. The summed E-state index contributed by atoms with van der Waals surface area (Å²) in [4.78, 5) is 15.0. The second-order valence-electron chi connectivity index (χ2n) is 7.29. The molecule has 1 aromatic rings. The van der Waals surface area contributed by atoms with Crippen LogP contribution in [0, 0.1) is 11.8 Å². The average Bonchev–Trinajstić information content (AvgIpc) is 3.12. The predicted molar refractivity (Wildman–Crippen MR) is 96.1 cm³/mol. The third-order valence-electron chi connectivity index (χ3n) is 5.76. The number of carbonyl (C=O) groups excluding carboxylic acids is 1. The van der Waals surface area contributed by atoms with Crippen molar-refractivity contribution in [1.29, 1.82) is 0 Å². The number of ether oxygens (including phenoxy) is 1. The van der Waals surface area contributed by atoms with E-state index in [-0.39, 0.29) is 6.04 Å². The molecule has 2 unspecified atom stereocenters. The van der Waals surface area contributed by atoms with Crippen LogP contribution in [0.3, 0.4) is 0 Å². The Labute approximate surface area is 145 Å². The van der Waals surface area contributed by atoms with Gasteiger partial charge in [0.05, 0.1) is 13.2 Å². The van der Waals surface area contributed by atoms with Gasteiger partial charge in [-0.05, 0) is 68.3 Å². The highest BCUT2D eigenvalue weighted by molar-refractivity contribution is 5.77. The third kappa shape index (κ3) is 3.92. The molecule has 0 bridgehead atoms. The zero-order chi connectivity index (χ0) is 16.9. The molecule has 4 nitrogen and oxygen atoms in total. The van der Waals surface area contributed by atoms with Gasteiger partial charge in [-0.3, -0.25) is 4.79 Å². The Hall–Kier alpha value is -1.55. The molecule has 1 N–H and O–H groups in total. The van der Waals surface area contributed by atoms with E-state index in [4.69, 9.17) is 4.74 Å². The number of rotatable bonds is 5. The molecule has 1 amide bonds. The lowest BCUT2D eigenvalue weighted by molar-refractivity contribution is -0.133. The van der Waals surface area contributed by atoms with E-state index in [9.17, 15) is 4.79 Å². The number of methoxy groups -OCH3 is 1. The predicted octanol–water partition coefficient (Wildman–Crippen LogP) is 3.38. The normalized spacial score (nSPS) is 23.2. The van der Waals surface area contributed by atoms with E-state index in [1.54, 1.807) is 7.11 Å². The first-order valence-electron chi connectivity index (χ1n) is 9.33. The number of hydrogen-bond donors (Lipinski definition) is 1. The van der Waals surface area contributed by atoms with Crippen molar-refractivity contribution < 1.29 is 9.53 Å². The number of nitrogens with zero attached hydrogens (tertiary/aromatic N) is 1. The Balaban J connectivity index is 1.62. The minimum absolute atomic E-state index is 0.239. The van der Waals surface area contributed by atoms with Gasteiger partial charge in [0, 0.05) is 13.0 Å². The Morgan fingerprint density at radius 2 is 1.96 bits per heavy atom. The van der Waals surface area contributed by atoms with E-state index < -0.39 is 0 Å². The van der Waals surface area contributed by atoms with E-state index in [2.05, 4.69) is 29.3 Å². The number of hydrogen-bond acceptors (Lipinski definition) is 3. The molecule has 2 saturated heterocycles. The second kappa shape index (κ2) is 8.02. The lowest BCUT2D eigenvalue weighted by atomic mass is 9.84. The molecule has 2 heterocycles. The number of likely N-dealkylation sites (tertiary alicyclic amines) is 1. The molecule has 0 radical (unpaired) electrons. The van der Waals surface area contributed by atoms with Crippen LogP contribution in [0.1, 0.15) is 50.6 Å². The maximum absolute atomic E-state index is 12.9. The monoisotopic (exact) mass is 330 g/mol. The van der Waals surface area contributed by atoms with Gasteiger partial charge < -0.3 is 15.0 Å². The summed E-state index contributed by atoms with van der Waals surface area (Å²) < 4.78 is 5.24. The fourth-order valence-corrected chi connectivity index (χ4v) is 4.21. The van der Waals surface area contributed by atoms with Crippen molar-refractivity contribution in [3.8, 4) is 5.75 Å². The maximum atomic E-state index is 12.9. The molecule has 2 aliphatic rings. The zero-order valence-electron chi connectivity index (χ0n) is 15.0. The van der Waals surface area contributed by atoms with Crippen molar-refractivity contribution >= 4 is 5.91 Å². The quantitative estimate of drug-likeness (QED) is 0.900. The molecule has 2 fully saturated rings. The molecule has 132 valence electrons. The summed E-state index contributed by atoms with van der Waals surface area (Å²) in [7, 11) is 1.68. The van der Waals surface area contributed by atoms with Crippen molar-refractivity contribution in [3.63, 3.8) is 0 Å². The van der Waals surface area contributed by atoms with Gasteiger partial charge in [0.2, 0.25) is 5.91 Å². The van der Waals surface area contributed by atoms with Crippen LogP contribution in [0.5, 0.6) is 5.75 Å². The maximum Gasteiger partial charge on any atom is 0.223 e. The number of piperidine rings is 1. The zero-order valence-corrected chi connectivity index (χ0v) is 15.0. The molecule has 0 saturated carbocycles. The van der Waals surface area contributed by atoms with Gasteiger partial charge in [-0.2, -0.15) is 0 Å². The summed E-state index contributed by atoms with van der Waals surface area (Å²) in [6, 6.07) is 8.43. The molecule has 1 aromatic carbocycles. The second-order valence-corrected chi connectivity index (χ2v) is 7.29. The summed E-state index contributed by atoms with van der Waals surface area (Å²) in [5.41, 5.74) is 1.23. The Bertz CT molecular complexity index is 537. The van der Waals surface area contributed by atoms with Crippen molar-refractivity contribution in [2.75, 3.05) is 26.7 Å². The van der Waals surface area contributed by atoms with E-state index in [1.807, 2.05) is 12.1 Å². The number of nitrogens with one attached hydrogen (secondary N) is 1. The van der Waals surface area contributed by atoms with Gasteiger partial charge in [-0.15, -0.1) is 0 Å². The van der Waals surface area contributed by atoms with Crippen LogP contribution in [-0.4, -0.2) is 37.6 Å². The minimum Gasteiger partial charge on any atom is -0.497 e. The van der Waals surface area contributed by atoms with Gasteiger partial charge in [0.1, 0.15) is 5.75 Å². The van der Waals surface area contributed by atoms with Crippen LogP contribution in [-0.2, 0) is 4.79 Å². The van der Waals surface area contributed by atoms with Crippen LogP contribution in [0.15, 0.2) is 24.3 Å².